The Morgan fingerprint density at radius 3 is 2.78 bits per heavy atom. The molecule has 1 N–H and O–H groups in total. The summed E-state index contributed by atoms with van der Waals surface area (Å²) in [7, 11) is 1.84. The van der Waals surface area contributed by atoms with Crippen LogP contribution in [0.25, 0.3) is 22.6 Å². The summed E-state index contributed by atoms with van der Waals surface area (Å²) in [5.41, 5.74) is 3.73. The predicted molar refractivity (Wildman–Crippen MR) is 71.5 cm³/mol. The van der Waals surface area contributed by atoms with E-state index in [-0.39, 0.29) is 0 Å². The van der Waals surface area contributed by atoms with Crippen molar-refractivity contribution in [1.82, 2.24) is 9.97 Å². The minimum absolute atomic E-state index is 0.603. The number of rotatable bonds is 2. The van der Waals surface area contributed by atoms with E-state index in [1.54, 1.807) is 6.20 Å². The molecule has 0 aliphatic rings. The van der Waals surface area contributed by atoms with Gasteiger partial charge in [0.05, 0.1) is 5.56 Å². The highest BCUT2D eigenvalue weighted by Gasteiger charge is 2.08. The lowest BCUT2D eigenvalue weighted by atomic mass is 10.2. The third kappa shape index (κ3) is 1.82. The second-order valence-corrected chi connectivity index (χ2v) is 4.17. The van der Waals surface area contributed by atoms with Crippen LogP contribution in [0.15, 0.2) is 40.9 Å². The first-order chi connectivity index (χ1) is 8.76. The molecule has 1 aromatic carbocycles. The summed E-state index contributed by atoms with van der Waals surface area (Å²) in [4.78, 5) is 8.72. The normalized spacial score (nSPS) is 10.8. The van der Waals surface area contributed by atoms with Crippen molar-refractivity contribution in [3.8, 4) is 11.5 Å². The van der Waals surface area contributed by atoms with E-state index in [1.165, 1.54) is 5.56 Å². The molecule has 0 spiro atoms. The van der Waals surface area contributed by atoms with Crippen molar-refractivity contribution >= 4 is 16.9 Å². The molecule has 2 aromatic heterocycles. The van der Waals surface area contributed by atoms with Crippen LogP contribution in [0.4, 0.5) is 5.82 Å². The molecule has 0 atom stereocenters. The lowest BCUT2D eigenvalue weighted by Gasteiger charge is -1.98. The molecule has 3 aromatic rings. The van der Waals surface area contributed by atoms with Gasteiger partial charge in [0.15, 0.2) is 5.58 Å². The van der Waals surface area contributed by atoms with Gasteiger partial charge in [-0.25, -0.2) is 9.97 Å². The summed E-state index contributed by atoms with van der Waals surface area (Å²) in [6.07, 6.45) is 1.75. The molecule has 2 heterocycles. The smallest absolute Gasteiger partial charge is 0.228 e. The van der Waals surface area contributed by atoms with Gasteiger partial charge in [-0.1, -0.05) is 6.07 Å². The van der Waals surface area contributed by atoms with Crippen LogP contribution < -0.4 is 5.32 Å². The van der Waals surface area contributed by atoms with E-state index in [0.29, 0.717) is 5.89 Å². The fourth-order valence-corrected chi connectivity index (χ4v) is 1.83. The van der Waals surface area contributed by atoms with Crippen LogP contribution in [-0.4, -0.2) is 17.0 Å². The zero-order chi connectivity index (χ0) is 12.5. The van der Waals surface area contributed by atoms with Gasteiger partial charge in [-0.05, 0) is 36.8 Å². The van der Waals surface area contributed by atoms with Crippen molar-refractivity contribution < 1.29 is 4.42 Å². The maximum Gasteiger partial charge on any atom is 0.228 e. The number of fused-ring (bicyclic) bond motifs is 1. The molecule has 3 rings (SSSR count). The molecular formula is C14H13N3O. The van der Waals surface area contributed by atoms with Crippen LogP contribution in [0.5, 0.6) is 0 Å². The number of pyridine rings is 1. The van der Waals surface area contributed by atoms with Gasteiger partial charge in [0.1, 0.15) is 11.3 Å². The van der Waals surface area contributed by atoms with E-state index in [2.05, 4.69) is 15.3 Å². The fraction of sp³-hybridized carbons (Fsp3) is 0.143. The van der Waals surface area contributed by atoms with Crippen molar-refractivity contribution in [2.75, 3.05) is 12.4 Å². The maximum absolute atomic E-state index is 5.71. The molecule has 4 nitrogen and oxygen atoms in total. The van der Waals surface area contributed by atoms with Gasteiger partial charge in [0.2, 0.25) is 5.89 Å². The van der Waals surface area contributed by atoms with Crippen LogP contribution in [0, 0.1) is 6.92 Å². The number of aryl methyl sites for hydroxylation is 1. The first-order valence-corrected chi connectivity index (χ1v) is 5.77. The number of hydrogen-bond donors (Lipinski definition) is 1. The number of oxazole rings is 1. The average molecular weight is 239 g/mol. The lowest BCUT2D eigenvalue weighted by molar-refractivity contribution is 0.619. The van der Waals surface area contributed by atoms with E-state index >= 15 is 0 Å². The minimum atomic E-state index is 0.603. The molecule has 0 radical (unpaired) electrons. The summed E-state index contributed by atoms with van der Waals surface area (Å²) < 4.78 is 5.71. The Bertz CT molecular complexity index is 686. The SMILES string of the molecule is CNc1ccc(-c2nc3cc(C)ccc3o2)cn1. The highest BCUT2D eigenvalue weighted by atomic mass is 16.3. The van der Waals surface area contributed by atoms with Gasteiger partial charge < -0.3 is 9.73 Å². The van der Waals surface area contributed by atoms with Crippen molar-refractivity contribution in [2.24, 2.45) is 0 Å². The zero-order valence-corrected chi connectivity index (χ0v) is 10.3. The molecule has 0 aliphatic carbocycles. The van der Waals surface area contributed by atoms with Crippen LogP contribution in [0.2, 0.25) is 0 Å². The minimum Gasteiger partial charge on any atom is -0.436 e. The van der Waals surface area contributed by atoms with E-state index in [4.69, 9.17) is 4.42 Å². The van der Waals surface area contributed by atoms with Gasteiger partial charge in [-0.2, -0.15) is 0 Å². The predicted octanol–water partition coefficient (Wildman–Crippen LogP) is 3.24. The van der Waals surface area contributed by atoms with Crippen LogP contribution >= 0.6 is 0 Å². The van der Waals surface area contributed by atoms with E-state index < -0.39 is 0 Å². The Balaban J connectivity index is 2.07. The molecule has 0 amide bonds. The van der Waals surface area contributed by atoms with E-state index in [9.17, 15) is 0 Å². The van der Waals surface area contributed by atoms with Crippen molar-refractivity contribution in [1.29, 1.82) is 0 Å². The van der Waals surface area contributed by atoms with Gasteiger partial charge in [0, 0.05) is 13.2 Å². The molecule has 0 saturated heterocycles. The Labute approximate surface area is 105 Å². The summed E-state index contributed by atoms with van der Waals surface area (Å²) >= 11 is 0. The monoisotopic (exact) mass is 239 g/mol. The molecule has 0 aliphatic heterocycles. The number of benzene rings is 1. The second kappa shape index (κ2) is 4.14. The molecule has 0 saturated carbocycles. The maximum atomic E-state index is 5.71. The summed E-state index contributed by atoms with van der Waals surface area (Å²) in [6.45, 7) is 2.04. The largest absolute Gasteiger partial charge is 0.436 e. The molecule has 4 heteroatoms. The van der Waals surface area contributed by atoms with Crippen LogP contribution in [0.1, 0.15) is 5.56 Å². The highest BCUT2D eigenvalue weighted by Crippen LogP contribution is 2.24. The number of aromatic nitrogens is 2. The highest BCUT2D eigenvalue weighted by molar-refractivity contribution is 5.76. The molecule has 0 fully saturated rings. The average Bonchev–Trinajstić information content (AvgIpc) is 2.81. The van der Waals surface area contributed by atoms with E-state index in [1.807, 2.05) is 44.3 Å². The Morgan fingerprint density at radius 2 is 2.06 bits per heavy atom. The summed E-state index contributed by atoms with van der Waals surface area (Å²) in [5, 5.41) is 2.98. The quantitative estimate of drug-likeness (QED) is 0.745. The number of hydrogen-bond acceptors (Lipinski definition) is 4. The first kappa shape index (κ1) is 10.8. The lowest BCUT2D eigenvalue weighted by Crippen LogP contribution is -1.91. The third-order valence-electron chi connectivity index (χ3n) is 2.81. The Morgan fingerprint density at radius 1 is 1.17 bits per heavy atom. The van der Waals surface area contributed by atoms with Crippen molar-refractivity contribution in [2.45, 2.75) is 6.92 Å². The summed E-state index contributed by atoms with van der Waals surface area (Å²) in [6, 6.07) is 9.81. The fourth-order valence-electron chi connectivity index (χ4n) is 1.83. The third-order valence-corrected chi connectivity index (χ3v) is 2.81. The first-order valence-electron chi connectivity index (χ1n) is 5.77. The topological polar surface area (TPSA) is 51.0 Å². The van der Waals surface area contributed by atoms with Crippen molar-refractivity contribution in [3.05, 3.63) is 42.1 Å². The number of anilines is 1. The van der Waals surface area contributed by atoms with Crippen molar-refractivity contribution in [3.63, 3.8) is 0 Å². The summed E-state index contributed by atoms with van der Waals surface area (Å²) in [5.74, 6) is 1.43. The van der Waals surface area contributed by atoms with Gasteiger partial charge in [-0.3, -0.25) is 0 Å². The molecule has 90 valence electrons. The Kier molecular flexibility index (Phi) is 2.48. The van der Waals surface area contributed by atoms with Crippen LogP contribution in [0.3, 0.4) is 0 Å². The second-order valence-electron chi connectivity index (χ2n) is 4.17. The van der Waals surface area contributed by atoms with Gasteiger partial charge in [0.25, 0.3) is 0 Å². The molecular weight excluding hydrogens is 226 g/mol. The molecule has 18 heavy (non-hydrogen) atoms. The number of nitrogens with zero attached hydrogens (tertiary/aromatic N) is 2. The standard InChI is InChI=1S/C14H13N3O/c1-9-3-5-12-11(7-9)17-14(18-12)10-4-6-13(15-2)16-8-10/h3-8H,1-2H3,(H,15,16). The van der Waals surface area contributed by atoms with Gasteiger partial charge >= 0.3 is 0 Å². The van der Waals surface area contributed by atoms with E-state index in [0.717, 1.165) is 22.5 Å². The molecule has 0 bridgehead atoms. The Hall–Kier alpha value is -2.36. The number of nitrogens with one attached hydrogen (secondary N) is 1. The van der Waals surface area contributed by atoms with Crippen LogP contribution in [-0.2, 0) is 0 Å². The molecule has 0 unspecified atom stereocenters. The zero-order valence-electron chi connectivity index (χ0n) is 10.3. The van der Waals surface area contributed by atoms with Gasteiger partial charge in [-0.15, -0.1) is 0 Å².